The third kappa shape index (κ3) is 4.02. The summed E-state index contributed by atoms with van der Waals surface area (Å²) < 4.78 is 5.90. The molecule has 0 aliphatic heterocycles. The van der Waals surface area contributed by atoms with Crippen molar-refractivity contribution in [1.82, 2.24) is 9.88 Å². The molecule has 0 aliphatic carbocycles. The average molecular weight is 356 g/mol. The fraction of sp³-hybridized carbons (Fsp3) is 0.350. The van der Waals surface area contributed by atoms with Crippen molar-refractivity contribution < 1.29 is 19.4 Å². The van der Waals surface area contributed by atoms with Crippen molar-refractivity contribution in [2.75, 3.05) is 7.05 Å². The summed E-state index contributed by atoms with van der Waals surface area (Å²) in [5.74, 6) is -0.689. The predicted molar refractivity (Wildman–Crippen MR) is 98.3 cm³/mol. The van der Waals surface area contributed by atoms with Gasteiger partial charge in [0.15, 0.2) is 0 Å². The molecular formula is C20H24N2O4. The molecule has 0 fully saturated rings. The Balaban J connectivity index is 2.23. The molecule has 6 nitrogen and oxygen atoms in total. The van der Waals surface area contributed by atoms with E-state index < -0.39 is 11.5 Å². The van der Waals surface area contributed by atoms with E-state index in [1.165, 1.54) is 25.8 Å². The third-order valence-corrected chi connectivity index (χ3v) is 4.48. The highest BCUT2D eigenvalue weighted by Gasteiger charge is 2.35. The second-order valence-corrected chi connectivity index (χ2v) is 6.82. The normalized spacial score (nSPS) is 11.1. The van der Waals surface area contributed by atoms with Gasteiger partial charge in [0.05, 0.1) is 0 Å². The molecule has 1 amide bonds. The van der Waals surface area contributed by atoms with E-state index in [0.717, 1.165) is 16.7 Å². The number of likely N-dealkylation sites (N-methyl/N-ethyl adjacent to an activating group) is 1. The topological polar surface area (TPSA) is 79.7 Å². The molecule has 2 aromatic rings. The standard InChI is InChI=1S/C20H24N2O4/c1-13-9-16(18(23)22(5)20(3,4)19(24)25)10-14(2)17(13)26-12-15-7-6-8-21-11-15/h6-11H,12H2,1-5H3,(H,24,25). The van der Waals surface area contributed by atoms with E-state index in [0.29, 0.717) is 17.9 Å². The quantitative estimate of drug-likeness (QED) is 0.860. The highest BCUT2D eigenvalue weighted by atomic mass is 16.5. The summed E-state index contributed by atoms with van der Waals surface area (Å²) >= 11 is 0. The van der Waals surface area contributed by atoms with Crippen molar-refractivity contribution in [2.45, 2.75) is 39.8 Å². The maximum Gasteiger partial charge on any atom is 0.329 e. The predicted octanol–water partition coefficient (Wildman–Crippen LogP) is 3.21. The van der Waals surface area contributed by atoms with E-state index in [-0.39, 0.29) is 5.91 Å². The van der Waals surface area contributed by atoms with Gasteiger partial charge in [-0.05, 0) is 57.0 Å². The van der Waals surface area contributed by atoms with Crippen molar-refractivity contribution in [3.05, 3.63) is 58.9 Å². The Hall–Kier alpha value is -2.89. The Labute approximate surface area is 153 Å². The molecule has 0 aliphatic rings. The first-order chi connectivity index (χ1) is 12.1. The van der Waals surface area contributed by atoms with Crippen LogP contribution in [0.25, 0.3) is 0 Å². The van der Waals surface area contributed by atoms with E-state index in [1.54, 1.807) is 24.5 Å². The van der Waals surface area contributed by atoms with E-state index in [2.05, 4.69) is 4.98 Å². The first-order valence-electron chi connectivity index (χ1n) is 8.29. The lowest BCUT2D eigenvalue weighted by Gasteiger charge is -2.31. The van der Waals surface area contributed by atoms with Gasteiger partial charge in [-0.2, -0.15) is 0 Å². The number of carbonyl (C=O) groups is 2. The molecule has 1 heterocycles. The van der Waals surface area contributed by atoms with E-state index in [9.17, 15) is 14.7 Å². The molecule has 0 bridgehead atoms. The molecule has 0 spiro atoms. The van der Waals surface area contributed by atoms with Crippen LogP contribution in [0.2, 0.25) is 0 Å². The van der Waals surface area contributed by atoms with Crippen LogP contribution in [0.1, 0.15) is 40.9 Å². The highest BCUT2D eigenvalue weighted by Crippen LogP contribution is 2.27. The molecule has 26 heavy (non-hydrogen) atoms. The van der Waals surface area contributed by atoms with Crippen LogP contribution in [0, 0.1) is 13.8 Å². The first-order valence-corrected chi connectivity index (χ1v) is 8.29. The van der Waals surface area contributed by atoms with Crippen LogP contribution in [0.15, 0.2) is 36.7 Å². The Morgan fingerprint density at radius 1 is 1.23 bits per heavy atom. The zero-order valence-electron chi connectivity index (χ0n) is 15.7. The minimum Gasteiger partial charge on any atom is -0.488 e. The van der Waals surface area contributed by atoms with Gasteiger partial charge in [-0.15, -0.1) is 0 Å². The number of carboxylic acid groups (broad SMARTS) is 1. The number of aryl methyl sites for hydroxylation is 2. The molecule has 1 aromatic heterocycles. The minimum atomic E-state index is -1.30. The van der Waals surface area contributed by atoms with Crippen molar-refractivity contribution in [2.24, 2.45) is 0 Å². The van der Waals surface area contributed by atoms with Crippen LogP contribution in [-0.4, -0.2) is 39.5 Å². The molecule has 0 radical (unpaired) electrons. The van der Waals surface area contributed by atoms with Gasteiger partial charge >= 0.3 is 5.97 Å². The van der Waals surface area contributed by atoms with Crippen molar-refractivity contribution in [1.29, 1.82) is 0 Å². The van der Waals surface area contributed by atoms with Gasteiger partial charge in [0.1, 0.15) is 17.9 Å². The zero-order chi connectivity index (χ0) is 19.5. The van der Waals surface area contributed by atoms with Crippen LogP contribution in [0.5, 0.6) is 5.75 Å². The smallest absolute Gasteiger partial charge is 0.329 e. The number of benzene rings is 1. The van der Waals surface area contributed by atoms with Gasteiger partial charge in [-0.25, -0.2) is 4.79 Å². The van der Waals surface area contributed by atoms with E-state index >= 15 is 0 Å². The number of carbonyl (C=O) groups excluding carboxylic acids is 1. The van der Waals surface area contributed by atoms with Crippen LogP contribution >= 0.6 is 0 Å². The number of rotatable bonds is 6. The molecule has 1 N–H and O–H groups in total. The zero-order valence-corrected chi connectivity index (χ0v) is 15.7. The second-order valence-electron chi connectivity index (χ2n) is 6.82. The fourth-order valence-corrected chi connectivity index (χ4v) is 2.53. The summed E-state index contributed by atoms with van der Waals surface area (Å²) in [5, 5.41) is 9.32. The number of ether oxygens (including phenoxy) is 1. The van der Waals surface area contributed by atoms with Crippen LogP contribution < -0.4 is 4.74 Å². The Bertz CT molecular complexity index is 793. The first kappa shape index (κ1) is 19.4. The maximum atomic E-state index is 12.7. The molecule has 1 aromatic carbocycles. The number of amides is 1. The number of hydrogen-bond acceptors (Lipinski definition) is 4. The minimum absolute atomic E-state index is 0.345. The van der Waals surface area contributed by atoms with Crippen molar-refractivity contribution in [3.8, 4) is 5.75 Å². The van der Waals surface area contributed by atoms with E-state index in [1.807, 2.05) is 26.0 Å². The third-order valence-electron chi connectivity index (χ3n) is 4.48. The lowest BCUT2D eigenvalue weighted by Crippen LogP contribution is -2.50. The average Bonchev–Trinajstić information content (AvgIpc) is 2.60. The molecule has 0 atom stereocenters. The van der Waals surface area contributed by atoms with E-state index in [4.69, 9.17) is 4.74 Å². The van der Waals surface area contributed by atoms with Crippen LogP contribution in [0.3, 0.4) is 0 Å². The molecule has 0 saturated heterocycles. The SMILES string of the molecule is Cc1cc(C(=O)N(C)C(C)(C)C(=O)O)cc(C)c1OCc1cccnc1. The number of pyridine rings is 1. The molecule has 0 saturated carbocycles. The van der Waals surface area contributed by atoms with Gasteiger partial charge in [-0.1, -0.05) is 6.07 Å². The Kier molecular flexibility index (Phi) is 5.65. The van der Waals surface area contributed by atoms with Gasteiger partial charge in [-0.3, -0.25) is 9.78 Å². The van der Waals surface area contributed by atoms with Gasteiger partial charge in [0, 0.05) is 30.6 Å². The lowest BCUT2D eigenvalue weighted by molar-refractivity contribution is -0.147. The number of hydrogen-bond donors (Lipinski definition) is 1. The van der Waals surface area contributed by atoms with Crippen LogP contribution in [0.4, 0.5) is 0 Å². The molecule has 138 valence electrons. The number of aliphatic carboxylic acids is 1. The lowest BCUT2D eigenvalue weighted by atomic mass is 10.00. The summed E-state index contributed by atoms with van der Waals surface area (Å²) in [7, 11) is 1.49. The van der Waals surface area contributed by atoms with Gasteiger partial charge < -0.3 is 14.7 Å². The molecule has 2 rings (SSSR count). The van der Waals surface area contributed by atoms with Crippen molar-refractivity contribution in [3.63, 3.8) is 0 Å². The fourth-order valence-electron chi connectivity index (χ4n) is 2.53. The van der Waals surface area contributed by atoms with Crippen molar-refractivity contribution >= 4 is 11.9 Å². The highest BCUT2D eigenvalue weighted by molar-refractivity contribution is 5.98. The number of aromatic nitrogens is 1. The monoisotopic (exact) mass is 356 g/mol. The summed E-state index contributed by atoms with van der Waals surface area (Å²) in [6.45, 7) is 7.11. The number of carboxylic acids is 1. The van der Waals surface area contributed by atoms with Gasteiger partial charge in [0.2, 0.25) is 0 Å². The molecule has 0 unspecified atom stereocenters. The second kappa shape index (κ2) is 7.56. The summed E-state index contributed by atoms with van der Waals surface area (Å²) in [4.78, 5) is 29.4. The van der Waals surface area contributed by atoms with Crippen LogP contribution in [-0.2, 0) is 11.4 Å². The Morgan fingerprint density at radius 3 is 2.35 bits per heavy atom. The summed E-state index contributed by atoms with van der Waals surface area (Å²) in [5.41, 5.74) is 1.73. The number of nitrogens with zero attached hydrogens (tertiary/aromatic N) is 2. The van der Waals surface area contributed by atoms with Gasteiger partial charge in [0.25, 0.3) is 5.91 Å². The summed E-state index contributed by atoms with van der Waals surface area (Å²) in [6, 6.07) is 7.23. The summed E-state index contributed by atoms with van der Waals surface area (Å²) in [6.07, 6.45) is 3.45. The molecule has 6 heteroatoms. The Morgan fingerprint density at radius 2 is 1.85 bits per heavy atom. The maximum absolute atomic E-state index is 12.7. The largest absolute Gasteiger partial charge is 0.488 e. The molecular weight excluding hydrogens is 332 g/mol.